The topological polar surface area (TPSA) is 24.9 Å². The summed E-state index contributed by atoms with van der Waals surface area (Å²) in [6.45, 7) is 12.9. The van der Waals surface area contributed by atoms with Crippen LogP contribution >= 0.6 is 0 Å². The molecule has 0 bridgehead atoms. The van der Waals surface area contributed by atoms with Gasteiger partial charge < -0.3 is 19.1 Å². The van der Waals surface area contributed by atoms with Gasteiger partial charge in [0.05, 0.1) is 11.2 Å². The van der Waals surface area contributed by atoms with Gasteiger partial charge >= 0.3 is 7.12 Å². The second kappa shape index (κ2) is 6.00. The van der Waals surface area contributed by atoms with E-state index in [2.05, 4.69) is 62.7 Å². The number of hydrogen-bond acceptors (Lipinski definition) is 4. The first-order valence-corrected chi connectivity index (χ1v) is 9.70. The van der Waals surface area contributed by atoms with E-state index < -0.39 is 0 Å². The Morgan fingerprint density at radius 3 is 2.12 bits per heavy atom. The molecule has 25 heavy (non-hydrogen) atoms. The normalized spacial score (nSPS) is 26.3. The van der Waals surface area contributed by atoms with Gasteiger partial charge in [0, 0.05) is 37.3 Å². The Morgan fingerprint density at radius 2 is 1.56 bits per heavy atom. The molecule has 1 aliphatic carbocycles. The molecule has 0 radical (unpaired) electrons. The monoisotopic (exact) mass is 342 g/mol. The lowest BCUT2D eigenvalue weighted by molar-refractivity contribution is 0.00578. The van der Waals surface area contributed by atoms with Crippen LogP contribution < -0.4 is 10.4 Å². The van der Waals surface area contributed by atoms with Crippen molar-refractivity contribution in [1.29, 1.82) is 0 Å². The average Bonchev–Trinajstić information content (AvgIpc) is 3.36. The van der Waals surface area contributed by atoms with E-state index in [9.17, 15) is 0 Å². The number of anilines is 1. The van der Waals surface area contributed by atoms with E-state index in [-0.39, 0.29) is 18.3 Å². The minimum Gasteiger partial charge on any atom is -0.399 e. The largest absolute Gasteiger partial charge is 0.496 e. The molecule has 0 amide bonds. The lowest BCUT2D eigenvalue weighted by Crippen LogP contribution is -2.48. The van der Waals surface area contributed by atoms with Gasteiger partial charge in [0.25, 0.3) is 0 Å². The number of benzene rings is 1. The third kappa shape index (κ3) is 3.22. The predicted molar refractivity (Wildman–Crippen MR) is 104 cm³/mol. The van der Waals surface area contributed by atoms with Crippen LogP contribution in [0, 0.1) is 0 Å². The zero-order chi connectivity index (χ0) is 17.8. The van der Waals surface area contributed by atoms with Crippen molar-refractivity contribution in [2.45, 2.75) is 57.7 Å². The van der Waals surface area contributed by atoms with Crippen LogP contribution in [0.3, 0.4) is 0 Å². The van der Waals surface area contributed by atoms with Gasteiger partial charge in [-0.3, -0.25) is 0 Å². The molecule has 136 valence electrons. The summed E-state index contributed by atoms with van der Waals surface area (Å²) in [7, 11) is 1.92. The summed E-state index contributed by atoms with van der Waals surface area (Å²) in [6, 6.07) is 6.98. The van der Waals surface area contributed by atoms with Gasteiger partial charge in [0.1, 0.15) is 0 Å². The molecule has 0 N–H and O–H groups in total. The van der Waals surface area contributed by atoms with Crippen molar-refractivity contribution in [2.75, 3.05) is 38.1 Å². The van der Waals surface area contributed by atoms with Crippen molar-refractivity contribution in [3.05, 3.63) is 23.8 Å². The van der Waals surface area contributed by atoms with Gasteiger partial charge in [-0.25, -0.2) is 0 Å². The average molecular weight is 342 g/mol. The highest BCUT2D eigenvalue weighted by Gasteiger charge is 2.52. The Kier molecular flexibility index (Phi) is 4.17. The Labute approximate surface area is 152 Å². The quantitative estimate of drug-likeness (QED) is 0.789. The van der Waals surface area contributed by atoms with E-state index in [4.69, 9.17) is 9.31 Å². The van der Waals surface area contributed by atoms with Crippen LogP contribution in [0.15, 0.2) is 18.2 Å². The zero-order valence-corrected chi connectivity index (χ0v) is 16.3. The molecule has 2 aliphatic heterocycles. The Bertz CT molecular complexity index is 633. The third-order valence-electron chi connectivity index (χ3n) is 6.45. The van der Waals surface area contributed by atoms with E-state index in [1.165, 1.54) is 29.6 Å². The summed E-state index contributed by atoms with van der Waals surface area (Å²) in [5.74, 6) is 0.739. The lowest BCUT2D eigenvalue weighted by atomic mass is 9.76. The van der Waals surface area contributed by atoms with Crippen molar-refractivity contribution in [3.8, 4) is 0 Å². The minimum absolute atomic E-state index is 0.279. The van der Waals surface area contributed by atoms with Gasteiger partial charge in [0.2, 0.25) is 0 Å². The first-order valence-electron chi connectivity index (χ1n) is 9.70. The van der Waals surface area contributed by atoms with E-state index >= 15 is 0 Å². The van der Waals surface area contributed by atoms with E-state index in [1.54, 1.807) is 0 Å². The fourth-order valence-corrected chi connectivity index (χ4v) is 3.74. The number of rotatable bonds is 3. The molecule has 5 heteroatoms. The maximum Gasteiger partial charge on any atom is 0.496 e. The molecule has 0 atom stereocenters. The molecule has 4 rings (SSSR count). The first kappa shape index (κ1) is 17.4. The zero-order valence-electron chi connectivity index (χ0n) is 16.3. The second-order valence-corrected chi connectivity index (χ2v) is 8.97. The molecule has 1 aromatic carbocycles. The van der Waals surface area contributed by atoms with E-state index in [0.29, 0.717) is 0 Å². The minimum atomic E-state index is -0.299. The van der Waals surface area contributed by atoms with E-state index in [0.717, 1.165) is 32.1 Å². The molecule has 0 unspecified atom stereocenters. The van der Waals surface area contributed by atoms with Crippen molar-refractivity contribution in [1.82, 2.24) is 4.90 Å². The van der Waals surface area contributed by atoms with E-state index in [1.807, 2.05) is 0 Å². The maximum absolute atomic E-state index is 6.40. The van der Waals surface area contributed by atoms with Gasteiger partial charge in [-0.2, -0.15) is 0 Å². The smallest absolute Gasteiger partial charge is 0.399 e. The van der Waals surface area contributed by atoms with Crippen molar-refractivity contribution >= 4 is 18.3 Å². The Morgan fingerprint density at radius 1 is 0.960 bits per heavy atom. The molecule has 3 aliphatic rings. The van der Waals surface area contributed by atoms with Crippen LogP contribution in [0.5, 0.6) is 0 Å². The summed E-state index contributed by atoms with van der Waals surface area (Å²) in [5, 5.41) is 0. The summed E-state index contributed by atoms with van der Waals surface area (Å²) < 4.78 is 12.8. The fourth-order valence-electron chi connectivity index (χ4n) is 3.74. The Balaban J connectivity index is 1.68. The van der Waals surface area contributed by atoms with Crippen LogP contribution in [-0.4, -0.2) is 56.4 Å². The molecule has 3 fully saturated rings. The van der Waals surface area contributed by atoms with Crippen LogP contribution in [0.2, 0.25) is 0 Å². The highest BCUT2D eigenvalue weighted by Crippen LogP contribution is 2.41. The van der Waals surface area contributed by atoms with Crippen LogP contribution in [0.25, 0.3) is 0 Å². The number of hydrogen-bond donors (Lipinski definition) is 0. The fraction of sp³-hybridized carbons (Fsp3) is 0.700. The van der Waals surface area contributed by atoms with Crippen molar-refractivity contribution < 1.29 is 9.31 Å². The van der Waals surface area contributed by atoms with Gasteiger partial charge in [-0.1, -0.05) is 12.1 Å². The van der Waals surface area contributed by atoms with Gasteiger partial charge in [0.15, 0.2) is 0 Å². The van der Waals surface area contributed by atoms with Crippen LogP contribution in [0.4, 0.5) is 5.69 Å². The predicted octanol–water partition coefficient (Wildman–Crippen LogP) is 2.62. The summed E-state index contributed by atoms with van der Waals surface area (Å²) in [4.78, 5) is 4.89. The highest BCUT2D eigenvalue weighted by molar-refractivity contribution is 6.64. The molecule has 2 saturated heterocycles. The SMILES string of the molecule is CN1CCN(c2ccc(C3CC3)cc2B2OC(C)(C)C(C)(C)O2)CC1. The number of likely N-dealkylation sites (N-methyl/N-ethyl adjacent to an activating group) is 1. The summed E-state index contributed by atoms with van der Waals surface area (Å²) >= 11 is 0. The molecule has 2 heterocycles. The standard InChI is InChI=1S/C20H31BN2O2/c1-19(2)20(3,4)25-21(24-19)17-14-16(15-6-7-15)8-9-18(17)23-12-10-22(5)11-13-23/h8-9,14-15H,6-7,10-13H2,1-5H3. The molecular weight excluding hydrogens is 311 g/mol. The molecule has 1 aromatic rings. The third-order valence-corrected chi connectivity index (χ3v) is 6.45. The highest BCUT2D eigenvalue weighted by atomic mass is 16.7. The molecule has 4 nitrogen and oxygen atoms in total. The van der Waals surface area contributed by atoms with Crippen LogP contribution in [-0.2, 0) is 9.31 Å². The maximum atomic E-state index is 6.40. The molecular formula is C20H31BN2O2. The summed E-state index contributed by atoms with van der Waals surface area (Å²) in [6.07, 6.45) is 2.63. The molecule has 0 aromatic heterocycles. The first-order chi connectivity index (χ1) is 11.8. The molecule has 0 spiro atoms. The molecule has 1 saturated carbocycles. The number of piperazine rings is 1. The summed E-state index contributed by atoms with van der Waals surface area (Å²) in [5.41, 5.74) is 3.35. The van der Waals surface area contributed by atoms with Crippen molar-refractivity contribution in [2.24, 2.45) is 0 Å². The number of nitrogens with zero attached hydrogens (tertiary/aromatic N) is 2. The second-order valence-electron chi connectivity index (χ2n) is 8.97. The Hall–Kier alpha value is -1.04. The van der Waals surface area contributed by atoms with Crippen LogP contribution in [0.1, 0.15) is 52.0 Å². The van der Waals surface area contributed by atoms with Gasteiger partial charge in [-0.15, -0.1) is 0 Å². The lowest BCUT2D eigenvalue weighted by Gasteiger charge is -2.35. The van der Waals surface area contributed by atoms with Gasteiger partial charge in [-0.05, 0) is 65.1 Å². The van der Waals surface area contributed by atoms with Crippen molar-refractivity contribution in [3.63, 3.8) is 0 Å².